The topological polar surface area (TPSA) is 32.7 Å². The minimum absolute atomic E-state index is 0.0497. The third-order valence-electron chi connectivity index (χ3n) is 4.06. The molecule has 0 spiro atoms. The van der Waals surface area contributed by atoms with E-state index in [4.69, 9.17) is 15.4 Å². The molecule has 1 aliphatic rings. The van der Waals surface area contributed by atoms with Gasteiger partial charge in [0.25, 0.3) is 0 Å². The lowest BCUT2D eigenvalue weighted by Crippen LogP contribution is -2.43. The van der Waals surface area contributed by atoms with Crippen LogP contribution in [0, 0.1) is 5.92 Å². The van der Waals surface area contributed by atoms with Gasteiger partial charge >= 0.3 is 0 Å². The van der Waals surface area contributed by atoms with Gasteiger partial charge in [0.05, 0.1) is 12.7 Å². The number of ether oxygens (including phenoxy) is 1. The Labute approximate surface area is 121 Å². The van der Waals surface area contributed by atoms with Crippen LogP contribution in [0.2, 0.25) is 0 Å². The average Bonchev–Trinajstić information content (AvgIpc) is 2.54. The van der Waals surface area contributed by atoms with E-state index in [1.54, 1.807) is 14.2 Å². The van der Waals surface area contributed by atoms with E-state index in [0.717, 1.165) is 24.8 Å². The summed E-state index contributed by atoms with van der Waals surface area (Å²) in [6, 6.07) is 7.56. The molecule has 2 atom stereocenters. The summed E-state index contributed by atoms with van der Waals surface area (Å²) >= 11 is 0. The predicted octanol–water partition coefficient (Wildman–Crippen LogP) is 2.63. The molecule has 0 heterocycles. The molecule has 0 amide bonds. The fourth-order valence-corrected chi connectivity index (χ4v) is 3.05. The number of aliphatic hydroxyl groups is 1. The van der Waals surface area contributed by atoms with Crippen molar-refractivity contribution in [3.8, 4) is 5.75 Å². The van der Waals surface area contributed by atoms with E-state index in [-0.39, 0.29) is 5.92 Å². The quantitative estimate of drug-likeness (QED) is 0.890. The fraction of sp³-hybridized carbons (Fsp3) is 0.625. The van der Waals surface area contributed by atoms with Crippen LogP contribution < -0.4 is 4.74 Å². The van der Waals surface area contributed by atoms with Crippen LogP contribution in [0.1, 0.15) is 35.4 Å². The molecule has 1 aromatic rings. The van der Waals surface area contributed by atoms with Crippen molar-refractivity contribution in [2.45, 2.75) is 31.3 Å². The van der Waals surface area contributed by atoms with Gasteiger partial charge in [-0.3, -0.25) is 0 Å². The van der Waals surface area contributed by atoms with Crippen molar-refractivity contribution < 1.29 is 14.0 Å². The normalized spacial score (nSPS) is 31.2. The van der Waals surface area contributed by atoms with E-state index in [2.05, 4.69) is 0 Å². The lowest BCUT2D eigenvalue weighted by atomic mass is 9.71. The maximum absolute atomic E-state index is 7.74. The van der Waals surface area contributed by atoms with Crippen molar-refractivity contribution in [1.29, 1.82) is 1.43 Å². The van der Waals surface area contributed by atoms with E-state index in [9.17, 15) is 0 Å². The van der Waals surface area contributed by atoms with Gasteiger partial charge in [0.1, 0.15) is 5.75 Å². The van der Waals surface area contributed by atoms with Crippen LogP contribution in [0.4, 0.5) is 0 Å². The summed E-state index contributed by atoms with van der Waals surface area (Å²) in [5.41, 5.74) is 0.0993. The summed E-state index contributed by atoms with van der Waals surface area (Å²) in [5, 5.41) is 5.27. The predicted molar refractivity (Wildman–Crippen MR) is 77.4 cm³/mol. The highest BCUT2D eigenvalue weighted by Gasteiger charge is 2.40. The van der Waals surface area contributed by atoms with Gasteiger partial charge in [0.15, 0.2) is 0 Å². The molecule has 2 rings (SSSR count). The first-order chi connectivity index (χ1) is 10.8. The molecule has 1 saturated carbocycles. The Kier molecular flexibility index (Phi) is 3.05. The average molecular weight is 267 g/mol. The molecule has 0 bridgehead atoms. The zero-order chi connectivity index (χ0) is 17.1. The number of rotatable bonds is 5. The van der Waals surface area contributed by atoms with Gasteiger partial charge in [0.2, 0.25) is 1.43 Å². The van der Waals surface area contributed by atoms with Gasteiger partial charge in [-0.1, -0.05) is 25.0 Å². The molecule has 3 nitrogen and oxygen atoms in total. The van der Waals surface area contributed by atoms with E-state index >= 15 is 0 Å². The summed E-state index contributed by atoms with van der Waals surface area (Å²) in [5.74, 6) is 0.665. The van der Waals surface area contributed by atoms with Gasteiger partial charge < -0.3 is 14.7 Å². The van der Waals surface area contributed by atoms with Gasteiger partial charge in [-0.25, -0.2) is 0 Å². The Hall–Kier alpha value is -1.06. The SMILES string of the molecule is [2H]O[C@@]1(c2cccc(OC)c2)CCCC[C@H]1CN(C)C([2H])([2H])[2H]. The molecule has 1 aliphatic carbocycles. The molecule has 0 radical (unpaired) electrons. The summed E-state index contributed by atoms with van der Waals surface area (Å²) in [4.78, 5) is 1.37. The number of hydrogen-bond donors (Lipinski definition) is 1. The Balaban J connectivity index is 2.34. The number of methoxy groups -OCH3 is 1. The van der Waals surface area contributed by atoms with Crippen LogP contribution in [0.15, 0.2) is 24.3 Å². The van der Waals surface area contributed by atoms with E-state index in [0.29, 0.717) is 18.7 Å². The van der Waals surface area contributed by atoms with Gasteiger partial charge in [0, 0.05) is 16.6 Å². The molecule has 19 heavy (non-hydrogen) atoms. The van der Waals surface area contributed by atoms with Crippen LogP contribution in [-0.4, -0.2) is 39.1 Å². The van der Waals surface area contributed by atoms with Crippen LogP contribution in [-0.2, 0) is 5.60 Å². The van der Waals surface area contributed by atoms with Crippen molar-refractivity contribution in [2.24, 2.45) is 5.92 Å². The van der Waals surface area contributed by atoms with Crippen LogP contribution in [0.25, 0.3) is 0 Å². The molecule has 0 saturated heterocycles. The highest BCUT2D eigenvalue weighted by Crippen LogP contribution is 2.42. The first kappa shape index (κ1) is 9.78. The van der Waals surface area contributed by atoms with Gasteiger partial charge in [-0.2, -0.15) is 0 Å². The van der Waals surface area contributed by atoms with Crippen molar-refractivity contribution in [3.63, 3.8) is 0 Å². The molecular weight excluding hydrogens is 238 g/mol. The Morgan fingerprint density at radius 1 is 1.58 bits per heavy atom. The van der Waals surface area contributed by atoms with Gasteiger partial charge in [-0.15, -0.1) is 0 Å². The molecule has 0 aliphatic heterocycles. The zero-order valence-electron chi connectivity index (χ0n) is 15.7. The third-order valence-corrected chi connectivity index (χ3v) is 4.06. The molecule has 1 fully saturated rings. The van der Waals surface area contributed by atoms with Gasteiger partial charge in [-0.05, 0) is 44.6 Å². The molecular formula is C16H25NO2. The van der Waals surface area contributed by atoms with Crippen molar-refractivity contribution >= 4 is 0 Å². The number of benzene rings is 1. The van der Waals surface area contributed by atoms with Crippen molar-refractivity contribution in [3.05, 3.63) is 29.8 Å². The Morgan fingerprint density at radius 3 is 3.21 bits per heavy atom. The molecule has 3 heteroatoms. The maximum Gasteiger partial charge on any atom is 0.211 e. The third kappa shape index (κ3) is 3.10. The molecule has 106 valence electrons. The minimum atomic E-state index is -2.14. The lowest BCUT2D eigenvalue weighted by Gasteiger charge is -2.41. The highest BCUT2D eigenvalue weighted by atomic mass is 16.5. The maximum atomic E-state index is 7.74. The highest BCUT2D eigenvalue weighted by molar-refractivity contribution is 5.33. The summed E-state index contributed by atoms with van der Waals surface area (Å²) in [6.07, 6.45) is 3.54. The Morgan fingerprint density at radius 2 is 2.47 bits per heavy atom. The Bertz CT molecular complexity index is 523. The van der Waals surface area contributed by atoms with Crippen LogP contribution in [0.3, 0.4) is 0 Å². The second-order valence-corrected chi connectivity index (χ2v) is 5.44. The van der Waals surface area contributed by atoms with Crippen molar-refractivity contribution in [2.75, 3.05) is 27.7 Å². The van der Waals surface area contributed by atoms with Crippen LogP contribution >= 0.6 is 0 Å². The summed E-state index contributed by atoms with van der Waals surface area (Å²) < 4.78 is 35.7. The number of hydrogen-bond acceptors (Lipinski definition) is 3. The first-order valence-electron chi connectivity index (χ1n) is 8.74. The zero-order valence-corrected chi connectivity index (χ0v) is 11.7. The largest absolute Gasteiger partial charge is 0.497 e. The lowest BCUT2D eigenvalue weighted by molar-refractivity contribution is -0.0619. The number of nitrogens with zero attached hydrogens (tertiary/aromatic N) is 1. The monoisotopic (exact) mass is 267 g/mol. The first-order valence-corrected chi connectivity index (χ1v) is 6.83. The standard InChI is InChI=1S/C16H25NO2/c1-17(2)12-14-7-4-5-10-16(14,18)13-8-6-9-15(11-13)19-3/h6,8-9,11,14,18H,4-5,7,10,12H2,1-3H3/t14-,16+/m0/s1/i1D3,18D. The second-order valence-electron chi connectivity index (χ2n) is 5.44. The van der Waals surface area contributed by atoms with Crippen molar-refractivity contribution in [1.82, 2.24) is 4.90 Å². The smallest absolute Gasteiger partial charge is 0.211 e. The van der Waals surface area contributed by atoms with E-state index < -0.39 is 12.6 Å². The van der Waals surface area contributed by atoms with E-state index in [1.165, 1.54) is 4.90 Å². The fourth-order valence-electron chi connectivity index (χ4n) is 3.05. The molecule has 1 aromatic carbocycles. The summed E-state index contributed by atoms with van der Waals surface area (Å²) in [7, 11) is 3.20. The van der Waals surface area contributed by atoms with Crippen LogP contribution in [0.5, 0.6) is 5.75 Å². The van der Waals surface area contributed by atoms with E-state index in [1.807, 2.05) is 24.3 Å². The second kappa shape index (κ2) is 5.93. The minimum Gasteiger partial charge on any atom is -0.497 e. The molecule has 0 unspecified atom stereocenters. The molecule has 1 N–H and O–H groups in total. The summed E-state index contributed by atoms with van der Waals surface area (Å²) in [6.45, 7) is -1.77. The molecule has 0 aromatic heterocycles.